The maximum Gasteiger partial charge on any atom is 0.314 e. The van der Waals surface area contributed by atoms with Crippen molar-refractivity contribution in [2.45, 2.75) is 76.0 Å². The number of hydrogen-bond donors (Lipinski definition) is 0. The lowest BCUT2D eigenvalue weighted by atomic mass is 9.76. The number of allylic oxidation sites excluding steroid dienone is 2. The van der Waals surface area contributed by atoms with Crippen molar-refractivity contribution in [1.82, 2.24) is 0 Å². The number of carbonyl (C=O) groups is 1. The first kappa shape index (κ1) is 25.0. The van der Waals surface area contributed by atoms with E-state index in [0.29, 0.717) is 29.6 Å². The van der Waals surface area contributed by atoms with Crippen molar-refractivity contribution in [3.05, 3.63) is 90.0 Å². The van der Waals surface area contributed by atoms with E-state index in [0.717, 1.165) is 43.6 Å². The highest BCUT2D eigenvalue weighted by Gasteiger charge is 2.29. The average molecular weight is 468 g/mol. The monoisotopic (exact) mass is 467 g/mol. The predicted octanol–water partition coefficient (Wildman–Crippen LogP) is 8.02. The van der Waals surface area contributed by atoms with Gasteiger partial charge in [-0.05, 0) is 111 Å². The van der Waals surface area contributed by atoms with E-state index in [4.69, 9.17) is 4.74 Å². The predicted molar refractivity (Wildman–Crippen MR) is 141 cm³/mol. The van der Waals surface area contributed by atoms with Gasteiger partial charge in [-0.25, -0.2) is 0 Å². The van der Waals surface area contributed by atoms with Crippen molar-refractivity contribution in [3.8, 4) is 11.8 Å². The summed E-state index contributed by atoms with van der Waals surface area (Å²) < 4.78 is 5.66. The Morgan fingerprint density at radius 3 is 2.03 bits per heavy atom. The normalized spacial score (nSPS) is 24.2. The quantitative estimate of drug-likeness (QED) is 0.224. The number of rotatable bonds is 8. The molecule has 2 saturated carbocycles. The summed E-state index contributed by atoms with van der Waals surface area (Å²) in [6, 6.07) is 16.9. The molecule has 0 amide bonds. The third kappa shape index (κ3) is 6.31. The largest absolute Gasteiger partial charge is 0.425 e. The highest BCUT2D eigenvalue weighted by molar-refractivity contribution is 5.76. The lowest BCUT2D eigenvalue weighted by Crippen LogP contribution is -2.25. The molecule has 0 radical (unpaired) electrons. The zero-order valence-corrected chi connectivity index (χ0v) is 20.8. The molecule has 4 rings (SSSR count). The second kappa shape index (κ2) is 12.0. The molecule has 0 aliphatic heterocycles. The highest BCUT2D eigenvalue weighted by Crippen LogP contribution is 2.40. The average Bonchev–Trinajstić information content (AvgIpc) is 2.90. The Kier molecular flexibility index (Phi) is 8.59. The molecule has 0 atom stereocenters. The van der Waals surface area contributed by atoms with Crippen molar-refractivity contribution in [1.29, 1.82) is 5.26 Å². The second-order valence-corrected chi connectivity index (χ2v) is 10.3. The topological polar surface area (TPSA) is 50.1 Å². The van der Waals surface area contributed by atoms with E-state index in [2.05, 4.69) is 49.6 Å². The highest BCUT2D eigenvalue weighted by atomic mass is 16.5. The molecular formula is C32H37NO2. The van der Waals surface area contributed by atoms with Gasteiger partial charge in [-0.1, -0.05) is 42.5 Å². The van der Waals surface area contributed by atoms with Crippen LogP contribution in [0.1, 0.15) is 91.9 Å². The van der Waals surface area contributed by atoms with Gasteiger partial charge in [-0.15, -0.1) is 13.2 Å². The van der Waals surface area contributed by atoms with E-state index < -0.39 is 0 Å². The molecule has 0 unspecified atom stereocenters. The third-order valence-corrected chi connectivity index (χ3v) is 8.04. The van der Waals surface area contributed by atoms with Crippen LogP contribution in [0.4, 0.5) is 0 Å². The van der Waals surface area contributed by atoms with Gasteiger partial charge in [0.25, 0.3) is 0 Å². The summed E-state index contributed by atoms with van der Waals surface area (Å²) in [6.45, 7) is 7.63. The maximum atomic E-state index is 12.8. The smallest absolute Gasteiger partial charge is 0.314 e. The Bertz CT molecular complexity index is 1060. The number of nitrogens with zero attached hydrogens (tertiary/aromatic N) is 1. The number of hydrogen-bond acceptors (Lipinski definition) is 3. The molecule has 35 heavy (non-hydrogen) atoms. The molecule has 0 spiro atoms. The van der Waals surface area contributed by atoms with Crippen LogP contribution in [0.25, 0.3) is 0 Å². The van der Waals surface area contributed by atoms with Crippen LogP contribution in [0.5, 0.6) is 5.75 Å². The van der Waals surface area contributed by atoms with E-state index in [1.165, 1.54) is 36.8 Å². The van der Waals surface area contributed by atoms with E-state index in [1.54, 1.807) is 18.2 Å². The summed E-state index contributed by atoms with van der Waals surface area (Å²) in [7, 11) is 0. The lowest BCUT2D eigenvalue weighted by molar-refractivity contribution is -0.140. The molecule has 182 valence electrons. The van der Waals surface area contributed by atoms with Gasteiger partial charge in [0, 0.05) is 0 Å². The molecule has 2 aromatic carbocycles. The number of nitriles is 1. The third-order valence-electron chi connectivity index (χ3n) is 8.04. The number of carbonyl (C=O) groups excluding carboxylic acids is 1. The number of ether oxygens (including phenoxy) is 1. The summed E-state index contributed by atoms with van der Waals surface area (Å²) in [5.74, 6) is 2.08. The van der Waals surface area contributed by atoms with Crippen LogP contribution in [0, 0.1) is 23.2 Å². The van der Waals surface area contributed by atoms with E-state index in [1.807, 2.05) is 6.07 Å². The molecule has 2 aromatic rings. The van der Waals surface area contributed by atoms with Gasteiger partial charge in [-0.2, -0.15) is 5.26 Å². The van der Waals surface area contributed by atoms with Crippen LogP contribution >= 0.6 is 0 Å². The van der Waals surface area contributed by atoms with Crippen molar-refractivity contribution in [2.24, 2.45) is 11.8 Å². The molecule has 2 fully saturated rings. The van der Waals surface area contributed by atoms with Gasteiger partial charge >= 0.3 is 5.97 Å². The van der Waals surface area contributed by atoms with Gasteiger partial charge < -0.3 is 4.74 Å². The Labute approximate surface area is 210 Å². The van der Waals surface area contributed by atoms with E-state index >= 15 is 0 Å². The number of esters is 1. The first-order chi connectivity index (χ1) is 17.1. The summed E-state index contributed by atoms with van der Waals surface area (Å²) in [4.78, 5) is 12.8. The zero-order chi connectivity index (χ0) is 24.6. The standard InChI is InChI=1S/C32H37NO2/c1-3-5-23-7-10-25(11-8-23)26-12-14-27(15-13-26)28-16-18-29(19-17-28)32(34)35-31-20-9-24(6-4-2)21-30(31)22-33/h3-4,9,12-15,20-21,23,25,28-29H,1-2,5-8,10-11,16-19H2/t23-,25-,28-,29-. The van der Waals surface area contributed by atoms with Crippen LogP contribution in [0.2, 0.25) is 0 Å². The zero-order valence-electron chi connectivity index (χ0n) is 20.8. The van der Waals surface area contributed by atoms with Crippen LogP contribution in [0.3, 0.4) is 0 Å². The van der Waals surface area contributed by atoms with Gasteiger partial charge in [0.2, 0.25) is 0 Å². The van der Waals surface area contributed by atoms with E-state index in [-0.39, 0.29) is 11.9 Å². The van der Waals surface area contributed by atoms with Gasteiger partial charge in [0.05, 0.1) is 11.5 Å². The Morgan fingerprint density at radius 1 is 0.886 bits per heavy atom. The molecule has 3 nitrogen and oxygen atoms in total. The summed E-state index contributed by atoms with van der Waals surface area (Å²) in [5, 5.41) is 9.46. The van der Waals surface area contributed by atoms with Crippen LogP contribution in [-0.2, 0) is 11.2 Å². The van der Waals surface area contributed by atoms with Crippen molar-refractivity contribution < 1.29 is 9.53 Å². The minimum Gasteiger partial charge on any atom is -0.425 e. The van der Waals surface area contributed by atoms with Crippen molar-refractivity contribution >= 4 is 5.97 Å². The number of benzene rings is 2. The molecule has 2 aliphatic carbocycles. The molecule has 0 N–H and O–H groups in total. The maximum absolute atomic E-state index is 12.8. The molecular weight excluding hydrogens is 430 g/mol. The summed E-state index contributed by atoms with van der Waals surface area (Å²) in [6.07, 6.45) is 14.6. The second-order valence-electron chi connectivity index (χ2n) is 10.3. The fraction of sp³-hybridized carbons (Fsp3) is 0.438. The lowest BCUT2D eigenvalue weighted by Gasteiger charge is -2.29. The molecule has 0 bridgehead atoms. The van der Waals surface area contributed by atoms with E-state index in [9.17, 15) is 10.1 Å². The first-order valence-electron chi connectivity index (χ1n) is 13.2. The molecule has 3 heteroatoms. The molecule has 0 heterocycles. The fourth-order valence-electron chi connectivity index (χ4n) is 5.91. The van der Waals surface area contributed by atoms with Crippen LogP contribution in [0.15, 0.2) is 67.8 Å². The minimum absolute atomic E-state index is 0.101. The van der Waals surface area contributed by atoms with Gasteiger partial charge in [0.1, 0.15) is 11.8 Å². The fourth-order valence-corrected chi connectivity index (χ4v) is 5.91. The Hall–Kier alpha value is -3.12. The molecule has 0 aromatic heterocycles. The SMILES string of the molecule is C=CCc1ccc(OC(=O)[C@H]2CC[C@H](c3ccc([C@H]4CC[C@H](CC=C)CC4)cc3)CC2)c(C#N)c1. The van der Waals surface area contributed by atoms with Gasteiger partial charge in [0.15, 0.2) is 0 Å². The Morgan fingerprint density at radius 2 is 1.49 bits per heavy atom. The first-order valence-corrected chi connectivity index (χ1v) is 13.2. The Balaban J connectivity index is 1.29. The molecule has 0 saturated heterocycles. The van der Waals surface area contributed by atoms with Crippen molar-refractivity contribution in [2.75, 3.05) is 0 Å². The van der Waals surface area contributed by atoms with Crippen molar-refractivity contribution in [3.63, 3.8) is 0 Å². The molecule has 2 aliphatic rings. The van der Waals surface area contributed by atoms with Gasteiger partial charge in [-0.3, -0.25) is 4.79 Å². The van der Waals surface area contributed by atoms with Crippen LogP contribution < -0.4 is 4.74 Å². The minimum atomic E-state index is -0.209. The van der Waals surface area contributed by atoms with Crippen LogP contribution in [-0.4, -0.2) is 5.97 Å². The summed E-state index contributed by atoms with van der Waals surface area (Å²) >= 11 is 0. The summed E-state index contributed by atoms with van der Waals surface area (Å²) in [5.41, 5.74) is 4.27.